The van der Waals surface area contributed by atoms with E-state index in [1.54, 1.807) is 12.1 Å². The fraction of sp³-hybridized carbons (Fsp3) is 0.353. The van der Waals surface area contributed by atoms with Crippen molar-refractivity contribution < 1.29 is 27.8 Å². The Morgan fingerprint density at radius 3 is 2.85 bits per heavy atom. The second-order valence-electron chi connectivity index (χ2n) is 6.28. The van der Waals surface area contributed by atoms with Crippen molar-refractivity contribution in [1.29, 1.82) is 0 Å². The van der Waals surface area contributed by atoms with Crippen LogP contribution in [0.2, 0.25) is 0 Å². The number of aliphatic hydroxyl groups is 1. The Morgan fingerprint density at radius 2 is 2.15 bits per heavy atom. The molecule has 1 aliphatic carbocycles. The minimum Gasteiger partial charge on any atom is -0.464 e. The molecule has 1 aliphatic heterocycles. The zero-order valence-corrected chi connectivity index (χ0v) is 14.8. The molecule has 0 radical (unpaired) electrons. The first-order chi connectivity index (χ1) is 12.8. The third-order valence-electron chi connectivity index (χ3n) is 4.83. The number of carbonyl (C=O) groups excluding carboxylic acids is 1. The second kappa shape index (κ2) is 6.03. The van der Waals surface area contributed by atoms with Gasteiger partial charge in [-0.3, -0.25) is 0 Å². The van der Waals surface area contributed by atoms with Gasteiger partial charge in [-0.05, 0) is 18.4 Å². The van der Waals surface area contributed by atoms with Crippen molar-refractivity contribution >= 4 is 28.1 Å². The Balaban J connectivity index is 1.85. The van der Waals surface area contributed by atoms with Crippen LogP contribution in [0.1, 0.15) is 28.0 Å². The molecule has 0 saturated heterocycles. The highest BCUT2D eigenvalue weighted by Gasteiger charge is 2.68. The molecule has 4 rings (SSSR count). The first-order valence-corrected chi connectivity index (χ1v) is 8.95. The number of fused-ring (bicyclic) bond motifs is 3. The van der Waals surface area contributed by atoms with Gasteiger partial charge in [0, 0.05) is 10.9 Å². The number of rotatable bonds is 2. The highest BCUT2D eigenvalue weighted by atomic mass is 32.1. The van der Waals surface area contributed by atoms with Gasteiger partial charge in [0.05, 0.1) is 18.7 Å². The molecule has 142 valence electrons. The van der Waals surface area contributed by atoms with Crippen LogP contribution in [-0.2, 0) is 11.2 Å². The van der Waals surface area contributed by atoms with E-state index in [2.05, 4.69) is 14.8 Å². The van der Waals surface area contributed by atoms with Crippen LogP contribution >= 0.6 is 11.3 Å². The van der Waals surface area contributed by atoms with Gasteiger partial charge in [0.2, 0.25) is 5.13 Å². The van der Waals surface area contributed by atoms with Crippen molar-refractivity contribution in [2.75, 3.05) is 12.1 Å². The number of methoxy groups -OCH3 is 1. The Hall–Kier alpha value is -2.46. The number of anilines is 1. The van der Waals surface area contributed by atoms with Crippen LogP contribution in [0.3, 0.4) is 0 Å². The third-order valence-corrected chi connectivity index (χ3v) is 5.64. The molecule has 2 atom stereocenters. The zero-order chi connectivity index (χ0) is 19.4. The number of thiazole rings is 1. The van der Waals surface area contributed by atoms with Crippen LogP contribution in [0.25, 0.3) is 0 Å². The molecule has 10 heteroatoms. The summed E-state index contributed by atoms with van der Waals surface area (Å²) in [6, 6.07) is 7.06. The molecule has 0 amide bonds. The predicted octanol–water partition coefficient (Wildman–Crippen LogP) is 2.97. The average molecular weight is 397 g/mol. The smallest absolute Gasteiger partial charge is 0.439 e. The normalized spacial score (nSPS) is 24.3. The summed E-state index contributed by atoms with van der Waals surface area (Å²) in [6.45, 7) is 0. The van der Waals surface area contributed by atoms with Crippen molar-refractivity contribution in [2.45, 2.75) is 24.7 Å². The monoisotopic (exact) mass is 397 g/mol. The summed E-state index contributed by atoms with van der Waals surface area (Å²) in [4.78, 5) is 15.5. The number of halogens is 3. The number of esters is 1. The van der Waals surface area contributed by atoms with Crippen molar-refractivity contribution in [3.05, 3.63) is 46.5 Å². The van der Waals surface area contributed by atoms with E-state index in [1.807, 2.05) is 12.1 Å². The summed E-state index contributed by atoms with van der Waals surface area (Å²) < 4.78 is 46.5. The van der Waals surface area contributed by atoms with Crippen LogP contribution in [0, 0.1) is 5.92 Å². The van der Waals surface area contributed by atoms with Gasteiger partial charge in [-0.25, -0.2) is 9.78 Å². The van der Waals surface area contributed by atoms with Crippen LogP contribution in [0.4, 0.5) is 18.3 Å². The lowest BCUT2D eigenvalue weighted by Gasteiger charge is -2.38. The number of aryl methyl sites for hydroxylation is 1. The number of benzene rings is 1. The van der Waals surface area contributed by atoms with Gasteiger partial charge < -0.3 is 9.84 Å². The zero-order valence-electron chi connectivity index (χ0n) is 14.0. The fourth-order valence-electron chi connectivity index (χ4n) is 3.53. The lowest BCUT2D eigenvalue weighted by atomic mass is 9.77. The van der Waals surface area contributed by atoms with Crippen molar-refractivity contribution in [3.63, 3.8) is 0 Å². The molecule has 1 aromatic heterocycles. The maximum absolute atomic E-state index is 14.0. The number of carbonyl (C=O) groups is 1. The van der Waals surface area contributed by atoms with Crippen LogP contribution in [0.15, 0.2) is 34.7 Å². The Morgan fingerprint density at radius 1 is 1.41 bits per heavy atom. The van der Waals surface area contributed by atoms with Gasteiger partial charge in [0.15, 0.2) is 5.69 Å². The summed E-state index contributed by atoms with van der Waals surface area (Å²) in [7, 11) is 1.15. The van der Waals surface area contributed by atoms with E-state index in [1.165, 1.54) is 5.38 Å². The van der Waals surface area contributed by atoms with Crippen molar-refractivity contribution in [2.24, 2.45) is 11.0 Å². The Bertz CT molecular complexity index is 943. The summed E-state index contributed by atoms with van der Waals surface area (Å²) in [5.74, 6) is -2.03. The summed E-state index contributed by atoms with van der Waals surface area (Å²) >= 11 is 0.783. The van der Waals surface area contributed by atoms with E-state index in [-0.39, 0.29) is 23.0 Å². The molecule has 6 nitrogen and oxygen atoms in total. The molecule has 1 N–H and O–H groups in total. The first kappa shape index (κ1) is 17.9. The number of nitrogens with zero attached hydrogens (tertiary/aromatic N) is 3. The van der Waals surface area contributed by atoms with Crippen LogP contribution < -0.4 is 5.01 Å². The number of hydrazone groups is 1. The van der Waals surface area contributed by atoms with Crippen molar-refractivity contribution in [1.82, 2.24) is 4.98 Å². The third kappa shape index (κ3) is 2.54. The number of aromatic nitrogens is 1. The predicted molar refractivity (Wildman–Crippen MR) is 91.7 cm³/mol. The topological polar surface area (TPSA) is 75.0 Å². The highest BCUT2D eigenvalue weighted by Crippen LogP contribution is 2.50. The quantitative estimate of drug-likeness (QED) is 0.789. The fourth-order valence-corrected chi connectivity index (χ4v) is 4.32. The number of ether oxygens (including phenoxy) is 1. The average Bonchev–Trinajstić information content (AvgIpc) is 3.24. The van der Waals surface area contributed by atoms with Crippen LogP contribution in [-0.4, -0.2) is 40.8 Å². The molecule has 2 heterocycles. The Kier molecular flexibility index (Phi) is 4.00. The summed E-state index contributed by atoms with van der Waals surface area (Å²) in [5, 5.41) is 16.5. The molecule has 2 aliphatic rings. The summed E-state index contributed by atoms with van der Waals surface area (Å²) in [5.41, 5.74) is -1.73. The molecule has 0 spiro atoms. The molecule has 0 saturated carbocycles. The molecular weight excluding hydrogens is 383 g/mol. The molecule has 0 bridgehead atoms. The standard InChI is InChI=1S/C17H14F3N3O3S/c1-26-14(24)12-8-27-15(21-12)23-16(25,17(18,19)20)11-7-6-9-4-2-3-5-10(9)13(11)22-23/h2-5,8,11,25H,6-7H2,1H3/t11-,16+/m0/s1. The Labute approximate surface area is 155 Å². The van der Waals surface area contributed by atoms with Gasteiger partial charge in [-0.15, -0.1) is 11.3 Å². The number of alkyl halides is 3. The van der Waals surface area contributed by atoms with E-state index in [0.717, 1.165) is 24.0 Å². The van der Waals surface area contributed by atoms with Crippen molar-refractivity contribution in [3.8, 4) is 0 Å². The minimum absolute atomic E-state index is 0.0948. The van der Waals surface area contributed by atoms with Gasteiger partial charge >= 0.3 is 12.1 Å². The van der Waals surface area contributed by atoms with Gasteiger partial charge in [-0.2, -0.15) is 23.3 Å². The largest absolute Gasteiger partial charge is 0.464 e. The second-order valence-corrected chi connectivity index (χ2v) is 7.11. The van der Waals surface area contributed by atoms with Crippen LogP contribution in [0.5, 0.6) is 0 Å². The maximum atomic E-state index is 14.0. The van der Waals surface area contributed by atoms with E-state index in [0.29, 0.717) is 17.0 Å². The molecule has 2 aromatic rings. The SMILES string of the molecule is COC(=O)c1csc(N2N=C3c4ccccc4CC[C@@H]3[C@@]2(O)C(F)(F)F)n1. The highest BCUT2D eigenvalue weighted by molar-refractivity contribution is 7.14. The number of hydrogen-bond donors (Lipinski definition) is 1. The first-order valence-electron chi connectivity index (χ1n) is 8.07. The molecule has 0 unspecified atom stereocenters. The van der Waals surface area contributed by atoms with E-state index in [4.69, 9.17) is 0 Å². The van der Waals surface area contributed by atoms with E-state index < -0.39 is 23.8 Å². The molecular formula is C17H14F3N3O3S. The maximum Gasteiger partial charge on any atom is 0.439 e. The molecule has 1 aromatic carbocycles. The van der Waals surface area contributed by atoms with Gasteiger partial charge in [0.25, 0.3) is 5.72 Å². The lowest BCUT2D eigenvalue weighted by Crippen LogP contribution is -2.60. The molecule has 0 fully saturated rings. The summed E-state index contributed by atoms with van der Waals surface area (Å²) in [6.07, 6.45) is -4.48. The van der Waals surface area contributed by atoms with Gasteiger partial charge in [-0.1, -0.05) is 24.3 Å². The number of hydrogen-bond acceptors (Lipinski definition) is 7. The minimum atomic E-state index is -4.98. The van der Waals surface area contributed by atoms with E-state index in [9.17, 15) is 23.1 Å². The lowest BCUT2D eigenvalue weighted by molar-refractivity contribution is -0.268. The van der Waals surface area contributed by atoms with Gasteiger partial charge in [0.1, 0.15) is 0 Å². The molecule has 27 heavy (non-hydrogen) atoms. The van der Waals surface area contributed by atoms with E-state index >= 15 is 0 Å².